The number of hydrogen-bond acceptors (Lipinski definition) is 7. The largest absolute Gasteiger partial charge is 0.495 e. The summed E-state index contributed by atoms with van der Waals surface area (Å²) in [4.78, 5) is 16.0. The molecule has 1 heterocycles. The first-order chi connectivity index (χ1) is 15.3. The lowest BCUT2D eigenvalue weighted by Crippen LogP contribution is -2.14. The number of aromatic nitrogens is 1. The molecule has 0 unspecified atom stereocenters. The quantitative estimate of drug-likeness (QED) is 0.359. The summed E-state index contributed by atoms with van der Waals surface area (Å²) < 4.78 is 34.7. The van der Waals surface area contributed by atoms with Crippen LogP contribution in [-0.4, -0.2) is 26.4 Å². The van der Waals surface area contributed by atoms with Crippen LogP contribution in [0.25, 0.3) is 10.2 Å². The Hall–Kier alpha value is -3.63. The smallest absolute Gasteiger partial charge is 0.261 e. The predicted molar refractivity (Wildman–Crippen MR) is 127 cm³/mol. The molecule has 10 heteroatoms. The Morgan fingerprint density at radius 2 is 1.78 bits per heavy atom. The van der Waals surface area contributed by atoms with Crippen molar-refractivity contribution in [1.29, 1.82) is 0 Å². The molecule has 4 rings (SSSR count). The van der Waals surface area contributed by atoms with Crippen LogP contribution in [0.4, 0.5) is 22.2 Å². The Labute approximate surface area is 189 Å². The molecular weight excluding hydrogens is 448 g/mol. The molecule has 0 aliphatic heterocycles. The van der Waals surface area contributed by atoms with Crippen molar-refractivity contribution in [2.45, 2.75) is 11.8 Å². The van der Waals surface area contributed by atoms with Crippen LogP contribution in [-0.2, 0) is 14.8 Å². The van der Waals surface area contributed by atoms with Gasteiger partial charge in [0.25, 0.3) is 10.0 Å². The number of hydrogen-bond donors (Lipinski definition) is 3. The first-order valence-electron chi connectivity index (χ1n) is 9.55. The number of thiazole rings is 1. The van der Waals surface area contributed by atoms with Gasteiger partial charge in [0.15, 0.2) is 5.13 Å². The number of nitrogens with zero attached hydrogens (tertiary/aromatic N) is 1. The summed E-state index contributed by atoms with van der Waals surface area (Å²) in [6.07, 6.45) is 0. The number of carbonyl (C=O) groups is 1. The van der Waals surface area contributed by atoms with Gasteiger partial charge in [-0.05, 0) is 48.5 Å². The summed E-state index contributed by atoms with van der Waals surface area (Å²) in [7, 11) is -2.46. The normalized spacial score (nSPS) is 11.2. The monoisotopic (exact) mass is 468 g/mol. The summed E-state index contributed by atoms with van der Waals surface area (Å²) in [5, 5.41) is 6.50. The van der Waals surface area contributed by atoms with Gasteiger partial charge in [-0.15, -0.1) is 0 Å². The molecule has 4 aromatic rings. The second kappa shape index (κ2) is 8.85. The lowest BCUT2D eigenvalue weighted by atomic mass is 10.3. The van der Waals surface area contributed by atoms with Crippen LogP contribution in [0, 0.1) is 0 Å². The van der Waals surface area contributed by atoms with Crippen molar-refractivity contribution in [3.05, 3.63) is 66.7 Å². The molecule has 0 saturated carbocycles. The molecule has 32 heavy (non-hydrogen) atoms. The Balaban J connectivity index is 1.56. The highest BCUT2D eigenvalue weighted by atomic mass is 32.2. The fourth-order valence-electron chi connectivity index (χ4n) is 3.07. The number of para-hydroxylation sites is 1. The number of sulfonamides is 1. The van der Waals surface area contributed by atoms with E-state index in [1.807, 2.05) is 30.3 Å². The molecule has 0 atom stereocenters. The van der Waals surface area contributed by atoms with Gasteiger partial charge in [0.05, 0.1) is 33.6 Å². The average Bonchev–Trinajstić information content (AvgIpc) is 3.15. The van der Waals surface area contributed by atoms with Crippen molar-refractivity contribution in [1.82, 2.24) is 4.98 Å². The standard InChI is InChI=1S/C22H20N4O4S2/c1-14(27)23-19-13-17(10-11-20(19)30-2)32(28,29)26-16-7-5-6-15(12-16)24-22-25-18-8-3-4-9-21(18)31-22/h3-13,26H,1-2H3,(H,23,27)(H,24,25). The summed E-state index contributed by atoms with van der Waals surface area (Å²) in [5.41, 5.74) is 2.24. The summed E-state index contributed by atoms with van der Waals surface area (Å²) in [6, 6.07) is 19.0. The van der Waals surface area contributed by atoms with E-state index in [-0.39, 0.29) is 16.5 Å². The number of fused-ring (bicyclic) bond motifs is 1. The predicted octanol–water partition coefficient (Wildman–Crippen LogP) is 4.81. The highest BCUT2D eigenvalue weighted by Gasteiger charge is 2.18. The Morgan fingerprint density at radius 1 is 1.00 bits per heavy atom. The molecule has 0 fully saturated rings. The van der Waals surface area contributed by atoms with Crippen LogP contribution in [0.1, 0.15) is 6.92 Å². The number of amides is 1. The highest BCUT2D eigenvalue weighted by molar-refractivity contribution is 7.92. The van der Waals surface area contributed by atoms with Gasteiger partial charge >= 0.3 is 0 Å². The third kappa shape index (κ3) is 4.82. The van der Waals surface area contributed by atoms with E-state index in [0.29, 0.717) is 22.3 Å². The first kappa shape index (κ1) is 21.6. The van der Waals surface area contributed by atoms with Gasteiger partial charge < -0.3 is 15.4 Å². The Morgan fingerprint density at radius 3 is 2.53 bits per heavy atom. The van der Waals surface area contributed by atoms with Crippen molar-refractivity contribution in [3.8, 4) is 5.75 Å². The number of methoxy groups -OCH3 is 1. The van der Waals surface area contributed by atoms with E-state index in [0.717, 1.165) is 10.2 Å². The van der Waals surface area contributed by atoms with E-state index in [1.165, 1.54) is 43.6 Å². The second-order valence-electron chi connectivity index (χ2n) is 6.84. The van der Waals surface area contributed by atoms with Gasteiger partial charge in [-0.3, -0.25) is 9.52 Å². The number of benzene rings is 3. The minimum Gasteiger partial charge on any atom is -0.495 e. The molecule has 0 aliphatic rings. The van der Waals surface area contributed by atoms with E-state index in [9.17, 15) is 13.2 Å². The maximum atomic E-state index is 12.9. The van der Waals surface area contributed by atoms with Crippen LogP contribution in [0.15, 0.2) is 71.6 Å². The third-order valence-corrected chi connectivity index (χ3v) is 6.78. The molecule has 3 aromatic carbocycles. The number of carbonyl (C=O) groups excluding carboxylic acids is 1. The lowest BCUT2D eigenvalue weighted by Gasteiger charge is -2.13. The van der Waals surface area contributed by atoms with Crippen LogP contribution in [0.3, 0.4) is 0 Å². The maximum Gasteiger partial charge on any atom is 0.261 e. The van der Waals surface area contributed by atoms with Gasteiger partial charge in [-0.25, -0.2) is 13.4 Å². The van der Waals surface area contributed by atoms with Crippen molar-refractivity contribution in [3.63, 3.8) is 0 Å². The number of rotatable bonds is 7. The van der Waals surface area contributed by atoms with E-state index in [1.54, 1.807) is 18.2 Å². The maximum absolute atomic E-state index is 12.9. The molecule has 0 bridgehead atoms. The molecule has 3 N–H and O–H groups in total. The molecule has 8 nitrogen and oxygen atoms in total. The SMILES string of the molecule is COc1ccc(S(=O)(=O)Nc2cccc(Nc3nc4ccccc4s3)c2)cc1NC(C)=O. The van der Waals surface area contributed by atoms with E-state index in [4.69, 9.17) is 4.74 Å². The summed E-state index contributed by atoms with van der Waals surface area (Å²) >= 11 is 1.51. The molecule has 0 radical (unpaired) electrons. The third-order valence-electron chi connectivity index (χ3n) is 4.45. The number of nitrogens with one attached hydrogen (secondary N) is 3. The van der Waals surface area contributed by atoms with E-state index < -0.39 is 10.0 Å². The van der Waals surface area contributed by atoms with Gasteiger partial charge in [-0.1, -0.05) is 29.5 Å². The lowest BCUT2D eigenvalue weighted by molar-refractivity contribution is -0.114. The van der Waals surface area contributed by atoms with Crippen molar-refractivity contribution < 1.29 is 17.9 Å². The van der Waals surface area contributed by atoms with Crippen LogP contribution in [0.2, 0.25) is 0 Å². The first-order valence-corrected chi connectivity index (χ1v) is 11.8. The van der Waals surface area contributed by atoms with Gasteiger partial charge in [0.1, 0.15) is 5.75 Å². The van der Waals surface area contributed by atoms with Gasteiger partial charge in [-0.2, -0.15) is 0 Å². The minimum absolute atomic E-state index is 0.00779. The molecule has 1 aromatic heterocycles. The molecule has 0 saturated heterocycles. The second-order valence-corrected chi connectivity index (χ2v) is 9.55. The molecule has 164 valence electrons. The van der Waals surface area contributed by atoms with Crippen molar-refractivity contribution in [2.24, 2.45) is 0 Å². The topological polar surface area (TPSA) is 109 Å². The zero-order chi connectivity index (χ0) is 22.7. The van der Waals surface area contributed by atoms with Crippen molar-refractivity contribution >= 4 is 59.7 Å². The summed E-state index contributed by atoms with van der Waals surface area (Å²) in [6.45, 7) is 1.34. The zero-order valence-electron chi connectivity index (χ0n) is 17.2. The van der Waals surface area contributed by atoms with Gasteiger partial charge in [0, 0.05) is 12.6 Å². The fraction of sp³-hybridized carbons (Fsp3) is 0.0909. The van der Waals surface area contributed by atoms with E-state index in [2.05, 4.69) is 20.3 Å². The molecule has 0 spiro atoms. The number of anilines is 4. The number of ether oxygens (including phenoxy) is 1. The molecule has 1 amide bonds. The van der Waals surface area contributed by atoms with Crippen LogP contribution >= 0.6 is 11.3 Å². The van der Waals surface area contributed by atoms with Crippen LogP contribution in [0.5, 0.6) is 5.75 Å². The van der Waals surface area contributed by atoms with Crippen LogP contribution < -0.4 is 20.1 Å². The highest BCUT2D eigenvalue weighted by Crippen LogP contribution is 2.31. The summed E-state index contributed by atoms with van der Waals surface area (Å²) in [5.74, 6) is 0.0283. The van der Waals surface area contributed by atoms with E-state index >= 15 is 0 Å². The Bertz CT molecular complexity index is 1370. The Kier molecular flexibility index (Phi) is 5.97. The zero-order valence-corrected chi connectivity index (χ0v) is 18.9. The average molecular weight is 469 g/mol. The minimum atomic E-state index is -3.90. The molecule has 0 aliphatic carbocycles. The van der Waals surface area contributed by atoms with Crippen molar-refractivity contribution in [2.75, 3.05) is 22.5 Å². The fourth-order valence-corrected chi connectivity index (χ4v) is 5.03. The molecular formula is C22H20N4O4S2. The van der Waals surface area contributed by atoms with Gasteiger partial charge in [0.2, 0.25) is 5.91 Å².